The van der Waals surface area contributed by atoms with E-state index in [0.29, 0.717) is 24.5 Å². The standard InChI is InChI=1S/C14H16N4O/c1-2-18(10-12-5-3-4-7-16-12)14(19)11-6-8-17-13(15)9-11/h3-9H,2,10H2,1H3,(H2,15,17). The molecule has 98 valence electrons. The molecule has 0 saturated carbocycles. The topological polar surface area (TPSA) is 72.1 Å². The van der Waals surface area contributed by atoms with Crippen molar-refractivity contribution in [1.29, 1.82) is 0 Å². The van der Waals surface area contributed by atoms with Crippen molar-refractivity contribution in [3.63, 3.8) is 0 Å². The molecule has 1 amide bonds. The summed E-state index contributed by atoms with van der Waals surface area (Å²) >= 11 is 0. The summed E-state index contributed by atoms with van der Waals surface area (Å²) in [4.78, 5) is 22.2. The molecule has 0 aliphatic rings. The van der Waals surface area contributed by atoms with Gasteiger partial charge in [-0.3, -0.25) is 9.78 Å². The zero-order chi connectivity index (χ0) is 13.7. The number of hydrogen-bond donors (Lipinski definition) is 1. The molecule has 0 aliphatic heterocycles. The van der Waals surface area contributed by atoms with Gasteiger partial charge in [-0.1, -0.05) is 6.07 Å². The van der Waals surface area contributed by atoms with Crippen LogP contribution in [0.2, 0.25) is 0 Å². The molecule has 0 bridgehead atoms. The van der Waals surface area contributed by atoms with Crippen LogP contribution in [0.5, 0.6) is 0 Å². The number of nitrogens with zero attached hydrogens (tertiary/aromatic N) is 3. The number of pyridine rings is 2. The number of carbonyl (C=O) groups excluding carboxylic acids is 1. The van der Waals surface area contributed by atoms with E-state index in [1.54, 1.807) is 23.2 Å². The molecule has 0 aromatic carbocycles. The lowest BCUT2D eigenvalue weighted by molar-refractivity contribution is 0.0750. The van der Waals surface area contributed by atoms with Crippen LogP contribution in [0.25, 0.3) is 0 Å². The van der Waals surface area contributed by atoms with Crippen molar-refractivity contribution in [3.8, 4) is 0 Å². The Bertz CT molecular complexity index is 556. The minimum absolute atomic E-state index is 0.0674. The van der Waals surface area contributed by atoms with E-state index in [4.69, 9.17) is 5.73 Å². The van der Waals surface area contributed by atoms with Crippen molar-refractivity contribution in [3.05, 3.63) is 54.0 Å². The van der Waals surface area contributed by atoms with Crippen LogP contribution in [0, 0.1) is 0 Å². The second-order valence-corrected chi connectivity index (χ2v) is 4.11. The third-order valence-electron chi connectivity index (χ3n) is 2.78. The van der Waals surface area contributed by atoms with Crippen molar-refractivity contribution >= 4 is 11.7 Å². The number of nitrogen functional groups attached to an aromatic ring is 1. The molecule has 2 N–H and O–H groups in total. The van der Waals surface area contributed by atoms with Crippen LogP contribution in [0.1, 0.15) is 23.0 Å². The fourth-order valence-corrected chi connectivity index (χ4v) is 1.78. The zero-order valence-electron chi connectivity index (χ0n) is 10.8. The molecule has 2 heterocycles. The highest BCUT2D eigenvalue weighted by molar-refractivity contribution is 5.94. The third kappa shape index (κ3) is 3.28. The first-order valence-corrected chi connectivity index (χ1v) is 6.11. The van der Waals surface area contributed by atoms with Gasteiger partial charge in [-0.15, -0.1) is 0 Å². The predicted molar refractivity (Wildman–Crippen MR) is 73.3 cm³/mol. The third-order valence-corrected chi connectivity index (χ3v) is 2.78. The molecule has 5 nitrogen and oxygen atoms in total. The smallest absolute Gasteiger partial charge is 0.254 e. The van der Waals surface area contributed by atoms with Crippen LogP contribution in [0.3, 0.4) is 0 Å². The van der Waals surface area contributed by atoms with Gasteiger partial charge in [0, 0.05) is 24.5 Å². The minimum Gasteiger partial charge on any atom is -0.384 e. The highest BCUT2D eigenvalue weighted by Crippen LogP contribution is 2.10. The Morgan fingerprint density at radius 3 is 2.74 bits per heavy atom. The molecule has 0 fully saturated rings. The number of rotatable bonds is 4. The van der Waals surface area contributed by atoms with E-state index in [0.717, 1.165) is 5.69 Å². The van der Waals surface area contributed by atoms with Gasteiger partial charge in [-0.25, -0.2) is 4.98 Å². The Labute approximate surface area is 112 Å². The van der Waals surface area contributed by atoms with Gasteiger partial charge in [0.1, 0.15) is 5.82 Å². The SMILES string of the molecule is CCN(Cc1ccccn1)C(=O)c1ccnc(N)c1. The summed E-state index contributed by atoms with van der Waals surface area (Å²) in [5.74, 6) is 0.280. The summed E-state index contributed by atoms with van der Waals surface area (Å²) in [6.45, 7) is 3.03. The van der Waals surface area contributed by atoms with Gasteiger partial charge in [0.05, 0.1) is 12.2 Å². The van der Waals surface area contributed by atoms with E-state index in [-0.39, 0.29) is 5.91 Å². The van der Waals surface area contributed by atoms with Gasteiger partial charge in [0.25, 0.3) is 5.91 Å². The van der Waals surface area contributed by atoms with Crippen molar-refractivity contribution in [2.45, 2.75) is 13.5 Å². The van der Waals surface area contributed by atoms with Crippen LogP contribution in [0.4, 0.5) is 5.82 Å². The van der Waals surface area contributed by atoms with Crippen LogP contribution < -0.4 is 5.73 Å². The number of nitrogens with two attached hydrogens (primary N) is 1. The second-order valence-electron chi connectivity index (χ2n) is 4.11. The monoisotopic (exact) mass is 256 g/mol. The number of carbonyl (C=O) groups is 1. The van der Waals surface area contributed by atoms with Crippen molar-refractivity contribution in [1.82, 2.24) is 14.9 Å². The van der Waals surface area contributed by atoms with Crippen LogP contribution >= 0.6 is 0 Å². The Kier molecular flexibility index (Phi) is 4.07. The van der Waals surface area contributed by atoms with E-state index in [9.17, 15) is 4.79 Å². The summed E-state index contributed by atoms with van der Waals surface area (Å²) in [6, 6.07) is 8.91. The lowest BCUT2D eigenvalue weighted by atomic mass is 10.2. The van der Waals surface area contributed by atoms with Gasteiger partial charge in [-0.05, 0) is 31.2 Å². The quantitative estimate of drug-likeness (QED) is 0.904. The fraction of sp³-hybridized carbons (Fsp3) is 0.214. The first-order chi connectivity index (χ1) is 9.20. The van der Waals surface area contributed by atoms with Crippen molar-refractivity contribution in [2.75, 3.05) is 12.3 Å². The highest BCUT2D eigenvalue weighted by atomic mass is 16.2. The molecule has 0 unspecified atom stereocenters. The lowest BCUT2D eigenvalue weighted by Gasteiger charge is -2.20. The van der Waals surface area contributed by atoms with Gasteiger partial charge in [0.2, 0.25) is 0 Å². The molecule has 0 radical (unpaired) electrons. The van der Waals surface area contributed by atoms with Crippen LogP contribution in [0.15, 0.2) is 42.7 Å². The predicted octanol–water partition coefficient (Wildman–Crippen LogP) is 1.72. The molecule has 0 saturated heterocycles. The second kappa shape index (κ2) is 5.95. The molecule has 0 aliphatic carbocycles. The normalized spacial score (nSPS) is 10.2. The molecule has 0 spiro atoms. The van der Waals surface area contributed by atoms with Gasteiger partial charge in [0.15, 0.2) is 0 Å². The van der Waals surface area contributed by atoms with E-state index in [1.807, 2.05) is 25.1 Å². The summed E-state index contributed by atoms with van der Waals surface area (Å²) < 4.78 is 0. The molecule has 5 heteroatoms. The van der Waals surface area contributed by atoms with E-state index < -0.39 is 0 Å². The summed E-state index contributed by atoms with van der Waals surface area (Å²) in [5, 5.41) is 0. The average molecular weight is 256 g/mol. The van der Waals surface area contributed by atoms with Gasteiger partial charge >= 0.3 is 0 Å². The first-order valence-electron chi connectivity index (χ1n) is 6.11. The molecule has 2 aromatic heterocycles. The minimum atomic E-state index is -0.0674. The number of aromatic nitrogens is 2. The summed E-state index contributed by atoms with van der Waals surface area (Å²) in [7, 11) is 0. The molecule has 0 atom stereocenters. The van der Waals surface area contributed by atoms with Gasteiger partial charge in [-0.2, -0.15) is 0 Å². The van der Waals surface area contributed by atoms with Crippen molar-refractivity contribution in [2.24, 2.45) is 0 Å². The maximum atomic E-state index is 12.3. The van der Waals surface area contributed by atoms with E-state index in [1.165, 1.54) is 6.20 Å². The maximum Gasteiger partial charge on any atom is 0.254 e. The fourth-order valence-electron chi connectivity index (χ4n) is 1.78. The maximum absolute atomic E-state index is 12.3. The molecular weight excluding hydrogens is 240 g/mol. The zero-order valence-corrected chi connectivity index (χ0v) is 10.8. The average Bonchev–Trinajstić information content (AvgIpc) is 2.45. The molecule has 19 heavy (non-hydrogen) atoms. The number of amides is 1. The van der Waals surface area contributed by atoms with Crippen molar-refractivity contribution < 1.29 is 4.79 Å². The largest absolute Gasteiger partial charge is 0.384 e. The summed E-state index contributed by atoms with van der Waals surface area (Å²) in [5.41, 5.74) is 7.00. The van der Waals surface area contributed by atoms with Gasteiger partial charge < -0.3 is 10.6 Å². The first kappa shape index (κ1) is 13.0. The highest BCUT2D eigenvalue weighted by Gasteiger charge is 2.15. The van der Waals surface area contributed by atoms with Crippen LogP contribution in [-0.2, 0) is 6.54 Å². The Morgan fingerprint density at radius 1 is 1.26 bits per heavy atom. The molecule has 2 rings (SSSR count). The Morgan fingerprint density at radius 2 is 2.11 bits per heavy atom. The molecular formula is C14H16N4O. The number of hydrogen-bond acceptors (Lipinski definition) is 4. The Balaban J connectivity index is 2.16. The molecule has 2 aromatic rings. The van der Waals surface area contributed by atoms with E-state index >= 15 is 0 Å². The van der Waals surface area contributed by atoms with E-state index in [2.05, 4.69) is 9.97 Å². The van der Waals surface area contributed by atoms with Crippen LogP contribution in [-0.4, -0.2) is 27.3 Å². The lowest BCUT2D eigenvalue weighted by Crippen LogP contribution is -2.30. The number of anilines is 1. The summed E-state index contributed by atoms with van der Waals surface area (Å²) in [6.07, 6.45) is 3.26. The Hall–Kier alpha value is -2.43.